The fourth-order valence-corrected chi connectivity index (χ4v) is 9.04. The minimum absolute atomic E-state index is 0.653. The largest absolute Gasteiger partial charge is 0.497 e. The van der Waals surface area contributed by atoms with E-state index in [4.69, 9.17) is 16.0 Å². The van der Waals surface area contributed by atoms with Gasteiger partial charge in [-0.05, 0) is 125 Å². The molecule has 0 aliphatic carbocycles. The van der Waals surface area contributed by atoms with Gasteiger partial charge in [-0.1, -0.05) is 224 Å². The minimum atomic E-state index is 0.653. The lowest BCUT2D eigenvalue weighted by Gasteiger charge is -2.12. The van der Waals surface area contributed by atoms with E-state index in [1.54, 1.807) is 14.2 Å². The highest BCUT2D eigenvalue weighted by Crippen LogP contribution is 2.34. The van der Waals surface area contributed by atoms with Gasteiger partial charge in [0.25, 0.3) is 0 Å². The Bertz CT molecular complexity index is 3910. The van der Waals surface area contributed by atoms with Crippen molar-refractivity contribution in [3.05, 3.63) is 332 Å². The molecule has 0 unspecified atom stereocenters. The molecule has 0 atom stereocenters. The molecule has 0 aliphatic heterocycles. The summed E-state index contributed by atoms with van der Waals surface area (Å²) in [5, 5.41) is 13.7. The summed E-state index contributed by atoms with van der Waals surface area (Å²) in [5.41, 5.74) is 19.7. The Kier molecular flexibility index (Phi) is 20.3. The fraction of sp³-hybridized carbons (Fsp3) is 0.0395. The van der Waals surface area contributed by atoms with Crippen molar-refractivity contribution in [3.63, 3.8) is 0 Å². The number of hydrogen-bond donors (Lipinski definition) is 4. The average Bonchev–Trinajstić information content (AvgIpc) is 3.56. The van der Waals surface area contributed by atoms with Crippen LogP contribution >= 0.6 is 0 Å². The highest BCUT2D eigenvalue weighted by molar-refractivity contribution is 5.82. The van der Waals surface area contributed by atoms with Gasteiger partial charge in [0.15, 0.2) is 5.69 Å². The summed E-state index contributed by atoms with van der Waals surface area (Å²) in [6.45, 7) is 9.39. The lowest BCUT2D eigenvalue weighted by Crippen LogP contribution is -1.93. The molecule has 0 heterocycles. The number of methoxy groups -OCH3 is 2. The Morgan fingerprint density at radius 2 is 0.639 bits per heavy atom. The van der Waals surface area contributed by atoms with Crippen molar-refractivity contribution < 1.29 is 9.47 Å². The molecule has 0 saturated carbocycles. The molecular formula is C76H65N5O2. The van der Waals surface area contributed by atoms with Gasteiger partial charge in [0.2, 0.25) is 0 Å². The maximum atomic E-state index is 7.29. The number of ether oxygens (including phenoxy) is 2. The second kappa shape index (κ2) is 29.8. The molecule has 0 amide bonds. The first-order valence-electron chi connectivity index (χ1n) is 27.4. The Morgan fingerprint density at radius 3 is 1.13 bits per heavy atom. The van der Waals surface area contributed by atoms with E-state index in [9.17, 15) is 0 Å². The molecule has 0 aliphatic rings. The summed E-state index contributed by atoms with van der Waals surface area (Å²) in [6.07, 6.45) is 0. The van der Waals surface area contributed by atoms with E-state index >= 15 is 0 Å². The van der Waals surface area contributed by atoms with Crippen LogP contribution in [0.5, 0.6) is 11.5 Å². The summed E-state index contributed by atoms with van der Waals surface area (Å²) in [4.78, 5) is 3.58. The van der Waals surface area contributed by atoms with E-state index < -0.39 is 0 Å². The van der Waals surface area contributed by atoms with Crippen molar-refractivity contribution in [1.29, 1.82) is 0 Å². The maximum absolute atomic E-state index is 7.29. The SMILES string of the molecule is Cc1ccc(Nc2cccc(-c3ccccc3)c2)cc1.[C-]#[N+]c1ccccc1-c1ccc(Nc2cc(OC)cc(OC)c2)cc1.c1ccc(Nc2cccc(-c3ccccc3)c2)cc1.c1ccc(Nc2ccccc2-c2ccccc2)cc1. The molecule has 12 rings (SSSR count). The lowest BCUT2D eigenvalue weighted by molar-refractivity contribution is 0.395. The minimum Gasteiger partial charge on any atom is -0.497 e. The van der Waals surface area contributed by atoms with Gasteiger partial charge in [-0.3, -0.25) is 0 Å². The van der Waals surface area contributed by atoms with Crippen LogP contribution in [0, 0.1) is 13.5 Å². The van der Waals surface area contributed by atoms with Gasteiger partial charge in [-0.25, -0.2) is 4.85 Å². The normalized spacial score (nSPS) is 10.1. The number of rotatable bonds is 14. The van der Waals surface area contributed by atoms with Gasteiger partial charge >= 0.3 is 0 Å². The predicted molar refractivity (Wildman–Crippen MR) is 351 cm³/mol. The van der Waals surface area contributed by atoms with E-state index in [0.717, 1.165) is 68.1 Å². The Morgan fingerprint density at radius 1 is 0.277 bits per heavy atom. The molecule has 0 bridgehead atoms. The van der Waals surface area contributed by atoms with Crippen LogP contribution in [0.1, 0.15) is 5.56 Å². The van der Waals surface area contributed by atoms with E-state index in [0.29, 0.717) is 5.69 Å². The number of nitrogens with zero attached hydrogens (tertiary/aromatic N) is 1. The predicted octanol–water partition coefficient (Wildman–Crippen LogP) is 21.3. The summed E-state index contributed by atoms with van der Waals surface area (Å²) >= 11 is 0. The number of benzene rings is 12. The van der Waals surface area contributed by atoms with Gasteiger partial charge in [-0.2, -0.15) is 0 Å². The van der Waals surface area contributed by atoms with Crippen LogP contribution in [-0.4, -0.2) is 14.2 Å². The zero-order valence-electron chi connectivity index (χ0n) is 46.8. The summed E-state index contributed by atoms with van der Waals surface area (Å²) in [5.74, 6) is 1.45. The Balaban J connectivity index is 0.000000134. The van der Waals surface area contributed by atoms with Gasteiger partial charge in [-0.15, -0.1) is 0 Å². The lowest BCUT2D eigenvalue weighted by atomic mass is 10.0. The van der Waals surface area contributed by atoms with Crippen molar-refractivity contribution in [1.82, 2.24) is 0 Å². The Labute approximate surface area is 489 Å². The number of hydrogen-bond acceptors (Lipinski definition) is 6. The number of anilines is 8. The van der Waals surface area contributed by atoms with Crippen molar-refractivity contribution in [2.24, 2.45) is 0 Å². The highest BCUT2D eigenvalue weighted by Gasteiger charge is 2.08. The topological polar surface area (TPSA) is 70.9 Å². The molecule has 406 valence electrons. The van der Waals surface area contributed by atoms with Crippen LogP contribution in [0.15, 0.2) is 315 Å². The number of nitrogens with one attached hydrogen (secondary N) is 4. The third-order valence-electron chi connectivity index (χ3n) is 13.3. The molecule has 0 saturated heterocycles. The molecule has 0 fully saturated rings. The summed E-state index contributed by atoms with van der Waals surface area (Å²) < 4.78 is 10.6. The first kappa shape index (κ1) is 56.6. The van der Waals surface area contributed by atoms with Crippen molar-refractivity contribution in [2.45, 2.75) is 6.92 Å². The molecule has 83 heavy (non-hydrogen) atoms. The molecule has 4 N–H and O–H groups in total. The quantitative estimate of drug-likeness (QED) is 0.0814. The second-order valence-corrected chi connectivity index (χ2v) is 19.2. The molecule has 0 radical (unpaired) electrons. The molecule has 12 aromatic carbocycles. The zero-order chi connectivity index (χ0) is 57.3. The van der Waals surface area contributed by atoms with Crippen molar-refractivity contribution in [2.75, 3.05) is 35.5 Å². The highest BCUT2D eigenvalue weighted by atomic mass is 16.5. The summed E-state index contributed by atoms with van der Waals surface area (Å²) in [7, 11) is 3.25. The molecule has 7 heteroatoms. The van der Waals surface area contributed by atoms with Gasteiger partial charge < -0.3 is 30.7 Å². The van der Waals surface area contributed by atoms with Crippen LogP contribution in [0.2, 0.25) is 0 Å². The van der Waals surface area contributed by atoms with Gasteiger partial charge in [0, 0.05) is 69.3 Å². The van der Waals surface area contributed by atoms with E-state index in [-0.39, 0.29) is 0 Å². The van der Waals surface area contributed by atoms with Crippen LogP contribution in [0.25, 0.3) is 49.4 Å². The third kappa shape index (κ3) is 17.0. The van der Waals surface area contributed by atoms with Gasteiger partial charge in [0.05, 0.1) is 20.8 Å². The van der Waals surface area contributed by atoms with Crippen LogP contribution in [-0.2, 0) is 0 Å². The van der Waals surface area contributed by atoms with Gasteiger partial charge in [0.1, 0.15) is 11.5 Å². The van der Waals surface area contributed by atoms with Crippen LogP contribution in [0.4, 0.5) is 51.2 Å². The van der Waals surface area contributed by atoms with E-state index in [1.807, 2.05) is 121 Å². The average molecular weight is 1080 g/mol. The molecular weight excluding hydrogens is 1010 g/mol. The molecule has 7 nitrogen and oxygen atoms in total. The van der Waals surface area contributed by atoms with Crippen LogP contribution in [0.3, 0.4) is 0 Å². The third-order valence-corrected chi connectivity index (χ3v) is 13.3. The van der Waals surface area contributed by atoms with Crippen LogP contribution < -0.4 is 30.7 Å². The smallest absolute Gasteiger partial charge is 0.194 e. The first-order valence-corrected chi connectivity index (χ1v) is 27.4. The van der Waals surface area contributed by atoms with Crippen molar-refractivity contribution in [3.8, 4) is 56.0 Å². The molecule has 0 aromatic heterocycles. The Hall–Kier alpha value is -11.1. The zero-order valence-corrected chi connectivity index (χ0v) is 46.8. The number of aryl methyl sites for hydroxylation is 1. The monoisotopic (exact) mass is 1080 g/mol. The molecule has 12 aromatic rings. The second-order valence-electron chi connectivity index (χ2n) is 19.2. The van der Waals surface area contributed by atoms with E-state index in [1.165, 1.54) is 38.9 Å². The maximum Gasteiger partial charge on any atom is 0.194 e. The summed E-state index contributed by atoms with van der Waals surface area (Å²) in [6, 6.07) is 107. The standard InChI is InChI=1S/C21H18N2O2.C19H17N.2C18H15N/c1-22-21-7-5-4-6-20(21)15-8-10-16(11-9-15)23-17-12-18(24-2)14-19(13-17)25-3;1-15-10-12-18(13-11-15)20-19-9-5-8-17(14-19)16-6-3-2-4-7-16;1-3-9-15(10-4-1)17-13-7-8-14-18(17)19-16-11-5-2-6-12-16;1-3-8-15(9-4-1)16-10-7-13-18(14-16)19-17-11-5-2-6-12-17/h4-14,23H,2-3H3;2-14,20H,1H3;2*1-14,19H. The van der Waals surface area contributed by atoms with E-state index in [2.05, 4.69) is 227 Å². The number of para-hydroxylation sites is 4. The fourth-order valence-electron chi connectivity index (χ4n) is 9.04. The first-order chi connectivity index (χ1) is 40.9. The van der Waals surface area contributed by atoms with Crippen molar-refractivity contribution >= 4 is 51.2 Å². The molecule has 0 spiro atoms.